The zero-order valence-corrected chi connectivity index (χ0v) is 16.0. The highest BCUT2D eigenvalue weighted by Crippen LogP contribution is 2.33. The van der Waals surface area contributed by atoms with Gasteiger partial charge in [0.2, 0.25) is 0 Å². The third-order valence-corrected chi connectivity index (χ3v) is 5.32. The summed E-state index contributed by atoms with van der Waals surface area (Å²) >= 11 is 0. The highest BCUT2D eigenvalue weighted by molar-refractivity contribution is 5.75. The number of hydrogen-bond donors (Lipinski definition) is 1. The van der Waals surface area contributed by atoms with E-state index in [1.54, 1.807) is 0 Å². The van der Waals surface area contributed by atoms with Gasteiger partial charge < -0.3 is 20.0 Å². The van der Waals surface area contributed by atoms with Crippen LogP contribution in [0.1, 0.15) is 32.8 Å². The van der Waals surface area contributed by atoms with Crippen molar-refractivity contribution in [1.29, 1.82) is 0 Å². The van der Waals surface area contributed by atoms with Crippen LogP contribution in [0.3, 0.4) is 0 Å². The maximum atomic E-state index is 12.5. The molecule has 1 aromatic heterocycles. The first-order valence-electron chi connectivity index (χ1n) is 9.27. The Morgan fingerprint density at radius 1 is 1.32 bits per heavy atom. The molecule has 25 heavy (non-hydrogen) atoms. The zero-order valence-electron chi connectivity index (χ0n) is 16.0. The number of likely N-dealkylation sites (N-methyl/N-ethyl adjacent to an activating group) is 1. The Balaban J connectivity index is 1.57. The molecule has 2 saturated heterocycles. The van der Waals surface area contributed by atoms with Gasteiger partial charge in [0.05, 0.1) is 0 Å². The number of nitrogens with one attached hydrogen (secondary N) is 1. The quantitative estimate of drug-likeness (QED) is 0.912. The molecular weight excluding hydrogens is 314 g/mol. The molecule has 1 unspecified atom stereocenters. The predicted octanol–water partition coefficient (Wildman–Crippen LogP) is 2.16. The molecule has 6 heteroatoms. The summed E-state index contributed by atoms with van der Waals surface area (Å²) in [6.45, 7) is 12.1. The van der Waals surface area contributed by atoms with Crippen molar-refractivity contribution in [3.05, 3.63) is 23.9 Å². The summed E-state index contributed by atoms with van der Waals surface area (Å²) in [6, 6.07) is 4.42. The van der Waals surface area contributed by atoms with E-state index in [0.29, 0.717) is 12.6 Å². The SMILES string of the molecule is CC1CC(C)(C)CN1C(=O)NCc1ccnc(N2CCN(C)CC2)c1. The van der Waals surface area contributed by atoms with E-state index in [0.717, 1.165) is 50.5 Å². The number of carbonyl (C=O) groups excluding carboxylic acids is 1. The van der Waals surface area contributed by atoms with Crippen LogP contribution in [0.5, 0.6) is 0 Å². The van der Waals surface area contributed by atoms with E-state index in [1.165, 1.54) is 0 Å². The molecule has 2 aliphatic heterocycles. The molecule has 0 aromatic carbocycles. The lowest BCUT2D eigenvalue weighted by Crippen LogP contribution is -2.45. The van der Waals surface area contributed by atoms with Gasteiger partial charge in [0.15, 0.2) is 0 Å². The number of rotatable bonds is 3. The lowest BCUT2D eigenvalue weighted by Gasteiger charge is -2.33. The van der Waals surface area contributed by atoms with Crippen LogP contribution in [-0.2, 0) is 6.54 Å². The minimum absolute atomic E-state index is 0.0380. The fraction of sp³-hybridized carbons (Fsp3) is 0.684. The lowest BCUT2D eigenvalue weighted by molar-refractivity contribution is 0.192. The molecule has 2 amide bonds. The number of aromatic nitrogens is 1. The Morgan fingerprint density at radius 2 is 2.04 bits per heavy atom. The Morgan fingerprint density at radius 3 is 2.68 bits per heavy atom. The standard InChI is InChI=1S/C19H31N5O/c1-15-12-19(2,3)14-24(15)18(25)21-13-16-5-6-20-17(11-16)23-9-7-22(4)8-10-23/h5-6,11,15H,7-10,12-14H2,1-4H3,(H,21,25). The fourth-order valence-corrected chi connectivity index (χ4v) is 3.92. The number of nitrogens with zero attached hydrogens (tertiary/aromatic N) is 4. The summed E-state index contributed by atoms with van der Waals surface area (Å²) in [4.78, 5) is 23.6. The number of pyridine rings is 1. The van der Waals surface area contributed by atoms with Crippen molar-refractivity contribution in [2.24, 2.45) is 5.41 Å². The fourth-order valence-electron chi connectivity index (χ4n) is 3.92. The van der Waals surface area contributed by atoms with Crippen molar-refractivity contribution < 1.29 is 4.79 Å². The second-order valence-corrected chi connectivity index (χ2v) is 8.32. The molecule has 3 rings (SSSR count). The van der Waals surface area contributed by atoms with E-state index in [4.69, 9.17) is 0 Å². The maximum absolute atomic E-state index is 12.5. The molecule has 2 fully saturated rings. The molecular formula is C19H31N5O. The van der Waals surface area contributed by atoms with Gasteiger partial charge in [0, 0.05) is 51.5 Å². The molecule has 138 valence electrons. The number of carbonyl (C=O) groups is 1. The Kier molecular flexibility index (Phi) is 5.18. The number of urea groups is 1. The lowest BCUT2D eigenvalue weighted by atomic mass is 9.91. The molecule has 1 atom stereocenters. The van der Waals surface area contributed by atoms with Crippen LogP contribution in [0.2, 0.25) is 0 Å². The molecule has 0 bridgehead atoms. The number of amides is 2. The molecule has 0 spiro atoms. The van der Waals surface area contributed by atoms with E-state index in [2.05, 4.69) is 54.0 Å². The first kappa shape index (κ1) is 18.0. The van der Waals surface area contributed by atoms with Crippen LogP contribution < -0.4 is 10.2 Å². The van der Waals surface area contributed by atoms with Crippen molar-refractivity contribution in [2.75, 3.05) is 44.7 Å². The van der Waals surface area contributed by atoms with Crippen LogP contribution >= 0.6 is 0 Å². The monoisotopic (exact) mass is 345 g/mol. The van der Waals surface area contributed by atoms with Crippen molar-refractivity contribution in [2.45, 2.75) is 39.8 Å². The normalized spacial score (nSPS) is 23.8. The van der Waals surface area contributed by atoms with Gasteiger partial charge >= 0.3 is 6.03 Å². The third-order valence-electron chi connectivity index (χ3n) is 5.32. The number of hydrogen-bond acceptors (Lipinski definition) is 4. The second-order valence-electron chi connectivity index (χ2n) is 8.32. The minimum atomic E-state index is 0.0380. The first-order chi connectivity index (χ1) is 11.8. The molecule has 3 heterocycles. The third kappa shape index (κ3) is 4.42. The van der Waals surface area contributed by atoms with Crippen LogP contribution in [0.15, 0.2) is 18.3 Å². The first-order valence-corrected chi connectivity index (χ1v) is 9.27. The molecule has 1 aromatic rings. The van der Waals surface area contributed by atoms with Crippen LogP contribution in [0, 0.1) is 5.41 Å². The van der Waals surface area contributed by atoms with Crippen LogP contribution in [0.25, 0.3) is 0 Å². The summed E-state index contributed by atoms with van der Waals surface area (Å²) < 4.78 is 0. The topological polar surface area (TPSA) is 51.7 Å². The molecule has 0 radical (unpaired) electrons. The number of piperazine rings is 1. The largest absolute Gasteiger partial charge is 0.354 e. The summed E-state index contributed by atoms with van der Waals surface area (Å²) in [6.07, 6.45) is 2.90. The van der Waals surface area contributed by atoms with Crippen molar-refractivity contribution in [3.8, 4) is 0 Å². The van der Waals surface area contributed by atoms with Gasteiger partial charge in [-0.05, 0) is 43.5 Å². The van der Waals surface area contributed by atoms with Crippen LogP contribution in [0.4, 0.5) is 10.6 Å². The minimum Gasteiger partial charge on any atom is -0.354 e. The van der Waals surface area contributed by atoms with Gasteiger partial charge in [-0.25, -0.2) is 9.78 Å². The van der Waals surface area contributed by atoms with Crippen LogP contribution in [-0.4, -0.2) is 66.6 Å². The second kappa shape index (κ2) is 7.20. The van der Waals surface area contributed by atoms with Crippen molar-refractivity contribution >= 4 is 11.8 Å². The molecule has 1 N–H and O–H groups in total. The summed E-state index contributed by atoms with van der Waals surface area (Å²) in [5, 5.41) is 3.08. The average molecular weight is 345 g/mol. The van der Waals surface area contributed by atoms with Crippen molar-refractivity contribution in [1.82, 2.24) is 20.1 Å². The van der Waals surface area contributed by atoms with E-state index in [9.17, 15) is 4.79 Å². The predicted molar refractivity (Wildman–Crippen MR) is 101 cm³/mol. The number of likely N-dealkylation sites (tertiary alicyclic amines) is 1. The number of anilines is 1. The van der Waals surface area contributed by atoms with Gasteiger partial charge in [-0.15, -0.1) is 0 Å². The van der Waals surface area contributed by atoms with E-state index >= 15 is 0 Å². The van der Waals surface area contributed by atoms with E-state index in [-0.39, 0.29) is 11.4 Å². The summed E-state index contributed by atoms with van der Waals surface area (Å²) in [5.41, 5.74) is 1.31. The molecule has 2 aliphatic rings. The molecule has 0 aliphatic carbocycles. The summed E-state index contributed by atoms with van der Waals surface area (Å²) in [7, 11) is 2.15. The average Bonchev–Trinajstić information content (AvgIpc) is 2.86. The summed E-state index contributed by atoms with van der Waals surface area (Å²) in [5.74, 6) is 1.01. The van der Waals surface area contributed by atoms with E-state index < -0.39 is 0 Å². The van der Waals surface area contributed by atoms with Gasteiger partial charge in [0.1, 0.15) is 5.82 Å². The zero-order chi connectivity index (χ0) is 18.0. The maximum Gasteiger partial charge on any atom is 0.317 e. The van der Waals surface area contributed by atoms with Gasteiger partial charge in [-0.3, -0.25) is 0 Å². The Hall–Kier alpha value is -1.82. The molecule has 6 nitrogen and oxygen atoms in total. The van der Waals surface area contributed by atoms with Gasteiger partial charge in [0.25, 0.3) is 0 Å². The smallest absolute Gasteiger partial charge is 0.317 e. The van der Waals surface area contributed by atoms with E-state index in [1.807, 2.05) is 17.2 Å². The highest BCUT2D eigenvalue weighted by atomic mass is 16.2. The molecule has 0 saturated carbocycles. The van der Waals surface area contributed by atoms with Gasteiger partial charge in [-0.2, -0.15) is 0 Å². The Labute approximate surface area is 151 Å². The van der Waals surface area contributed by atoms with Crippen molar-refractivity contribution in [3.63, 3.8) is 0 Å². The Bertz CT molecular complexity index is 610. The van der Waals surface area contributed by atoms with Gasteiger partial charge in [-0.1, -0.05) is 13.8 Å². The highest BCUT2D eigenvalue weighted by Gasteiger charge is 2.37.